The second kappa shape index (κ2) is 10.2. The molecule has 1 heterocycles. The summed E-state index contributed by atoms with van der Waals surface area (Å²) in [4.78, 5) is 17.0. The lowest BCUT2D eigenvalue weighted by Crippen LogP contribution is -2.44. The summed E-state index contributed by atoms with van der Waals surface area (Å²) in [6, 6.07) is 11.8. The molecule has 0 atom stereocenters. The third-order valence-electron chi connectivity index (χ3n) is 5.47. The zero-order chi connectivity index (χ0) is 21.5. The fourth-order valence-electron chi connectivity index (χ4n) is 3.57. The largest absolute Gasteiger partial charge is 0.493 e. The summed E-state index contributed by atoms with van der Waals surface area (Å²) in [6.07, 6.45) is 0.703. The molecule has 7 nitrogen and oxygen atoms in total. The molecular weight excluding hydrogens is 380 g/mol. The van der Waals surface area contributed by atoms with Crippen molar-refractivity contribution in [2.24, 2.45) is 0 Å². The lowest BCUT2D eigenvalue weighted by Gasteiger charge is -2.34. The van der Waals surface area contributed by atoms with Crippen LogP contribution < -0.4 is 25.0 Å². The molecule has 1 aliphatic heterocycles. The van der Waals surface area contributed by atoms with Gasteiger partial charge in [0.05, 0.1) is 14.2 Å². The minimum Gasteiger partial charge on any atom is -0.493 e. The molecule has 0 bridgehead atoms. The Hall–Kier alpha value is -2.93. The number of benzene rings is 2. The number of likely N-dealkylation sites (N-methyl/N-ethyl adjacent to an activating group) is 1. The van der Waals surface area contributed by atoms with Crippen LogP contribution in [0.5, 0.6) is 11.5 Å². The number of hydrogen-bond acceptors (Lipinski definition) is 5. The molecule has 2 aromatic carbocycles. The number of amides is 2. The molecule has 2 amide bonds. The second-order valence-electron chi connectivity index (χ2n) is 7.61. The maximum Gasteiger partial charge on any atom is 0.319 e. The number of urea groups is 1. The van der Waals surface area contributed by atoms with Crippen LogP contribution in [0, 0.1) is 6.92 Å². The van der Waals surface area contributed by atoms with Gasteiger partial charge in [-0.05, 0) is 61.9 Å². The predicted octanol–water partition coefficient (Wildman–Crippen LogP) is 3.13. The number of ether oxygens (including phenoxy) is 2. The normalized spacial score (nSPS) is 14.3. The van der Waals surface area contributed by atoms with Crippen LogP contribution in [-0.2, 0) is 6.42 Å². The standard InChI is InChI=1S/C23H32N4O3/c1-17-15-19(27-13-11-26(2)12-14-27)6-7-20(17)25-23(28)24-10-9-18-5-8-21(29-3)22(16-18)30-4/h5-8,15-16H,9-14H2,1-4H3,(H2,24,25,28). The summed E-state index contributed by atoms with van der Waals surface area (Å²) in [5.41, 5.74) is 4.17. The zero-order valence-electron chi connectivity index (χ0n) is 18.3. The van der Waals surface area contributed by atoms with Crippen molar-refractivity contribution >= 4 is 17.4 Å². The van der Waals surface area contributed by atoms with Crippen LogP contribution in [0.3, 0.4) is 0 Å². The molecule has 0 aromatic heterocycles. The van der Waals surface area contributed by atoms with Gasteiger partial charge < -0.3 is 29.9 Å². The van der Waals surface area contributed by atoms with Crippen molar-refractivity contribution in [2.45, 2.75) is 13.3 Å². The monoisotopic (exact) mass is 412 g/mol. The van der Waals surface area contributed by atoms with Crippen LogP contribution in [0.4, 0.5) is 16.2 Å². The number of carbonyl (C=O) groups excluding carboxylic acids is 1. The van der Waals surface area contributed by atoms with Crippen molar-refractivity contribution in [2.75, 3.05) is 64.2 Å². The van der Waals surface area contributed by atoms with E-state index in [-0.39, 0.29) is 6.03 Å². The number of anilines is 2. The van der Waals surface area contributed by atoms with Gasteiger partial charge in [0.2, 0.25) is 0 Å². The smallest absolute Gasteiger partial charge is 0.319 e. The number of methoxy groups -OCH3 is 2. The molecule has 1 saturated heterocycles. The van der Waals surface area contributed by atoms with Crippen molar-refractivity contribution < 1.29 is 14.3 Å². The van der Waals surface area contributed by atoms with Crippen LogP contribution in [0.15, 0.2) is 36.4 Å². The van der Waals surface area contributed by atoms with E-state index < -0.39 is 0 Å². The molecule has 0 spiro atoms. The van der Waals surface area contributed by atoms with Crippen molar-refractivity contribution in [3.63, 3.8) is 0 Å². The molecule has 1 fully saturated rings. The summed E-state index contributed by atoms with van der Waals surface area (Å²) in [5.74, 6) is 1.39. The number of rotatable bonds is 7. The molecule has 2 aromatic rings. The first-order valence-corrected chi connectivity index (χ1v) is 10.3. The minimum atomic E-state index is -0.203. The van der Waals surface area contributed by atoms with Gasteiger partial charge >= 0.3 is 6.03 Å². The van der Waals surface area contributed by atoms with Gasteiger partial charge in [-0.2, -0.15) is 0 Å². The van der Waals surface area contributed by atoms with Gasteiger partial charge in [0.25, 0.3) is 0 Å². The molecule has 2 N–H and O–H groups in total. The number of nitrogens with one attached hydrogen (secondary N) is 2. The molecule has 0 aliphatic carbocycles. The highest BCUT2D eigenvalue weighted by molar-refractivity contribution is 5.90. The van der Waals surface area contributed by atoms with E-state index in [0.29, 0.717) is 24.5 Å². The van der Waals surface area contributed by atoms with Crippen LogP contribution in [-0.4, -0.2) is 64.9 Å². The third-order valence-corrected chi connectivity index (χ3v) is 5.47. The number of carbonyl (C=O) groups is 1. The molecule has 3 rings (SSSR count). The van der Waals surface area contributed by atoms with Crippen molar-refractivity contribution in [3.8, 4) is 11.5 Å². The van der Waals surface area contributed by atoms with Crippen LogP contribution in [0.1, 0.15) is 11.1 Å². The third kappa shape index (κ3) is 5.57. The Balaban J connectivity index is 1.50. The highest BCUT2D eigenvalue weighted by atomic mass is 16.5. The molecule has 7 heteroatoms. The van der Waals surface area contributed by atoms with Gasteiger partial charge in [-0.15, -0.1) is 0 Å². The van der Waals surface area contributed by atoms with E-state index in [1.165, 1.54) is 5.69 Å². The van der Waals surface area contributed by atoms with Crippen molar-refractivity contribution in [3.05, 3.63) is 47.5 Å². The van der Waals surface area contributed by atoms with E-state index in [9.17, 15) is 4.79 Å². The summed E-state index contributed by atoms with van der Waals surface area (Å²) in [7, 11) is 5.38. The number of nitrogens with zero attached hydrogens (tertiary/aromatic N) is 2. The SMILES string of the molecule is COc1ccc(CCNC(=O)Nc2ccc(N3CCN(C)CC3)cc2C)cc1OC. The fraction of sp³-hybridized carbons (Fsp3) is 0.435. The Bertz CT molecular complexity index is 864. The maximum absolute atomic E-state index is 12.3. The zero-order valence-corrected chi connectivity index (χ0v) is 18.3. The quantitative estimate of drug-likeness (QED) is 0.732. The topological polar surface area (TPSA) is 66.1 Å². The van der Waals surface area contributed by atoms with E-state index in [0.717, 1.165) is 43.0 Å². The average Bonchev–Trinajstić information content (AvgIpc) is 2.75. The Labute approximate surface area is 179 Å². The molecule has 0 radical (unpaired) electrons. The second-order valence-corrected chi connectivity index (χ2v) is 7.61. The molecule has 0 unspecified atom stereocenters. The van der Waals surface area contributed by atoms with Gasteiger partial charge in [-0.1, -0.05) is 6.07 Å². The molecule has 162 valence electrons. The highest BCUT2D eigenvalue weighted by Gasteiger charge is 2.15. The summed E-state index contributed by atoms with van der Waals surface area (Å²) >= 11 is 0. The highest BCUT2D eigenvalue weighted by Crippen LogP contribution is 2.27. The summed E-state index contributed by atoms with van der Waals surface area (Å²) < 4.78 is 10.6. The van der Waals surface area contributed by atoms with Crippen molar-refractivity contribution in [1.29, 1.82) is 0 Å². The maximum atomic E-state index is 12.3. The first-order chi connectivity index (χ1) is 14.5. The van der Waals surface area contributed by atoms with E-state index >= 15 is 0 Å². The number of hydrogen-bond donors (Lipinski definition) is 2. The Morgan fingerprint density at radius 2 is 1.73 bits per heavy atom. The first-order valence-electron chi connectivity index (χ1n) is 10.3. The molecule has 1 aliphatic rings. The van der Waals surface area contributed by atoms with E-state index in [1.54, 1.807) is 14.2 Å². The molecule has 0 saturated carbocycles. The van der Waals surface area contributed by atoms with Gasteiger partial charge in [0.15, 0.2) is 11.5 Å². The average molecular weight is 413 g/mol. The number of piperazine rings is 1. The Morgan fingerprint density at radius 3 is 2.40 bits per heavy atom. The Kier molecular flexibility index (Phi) is 7.41. The lowest BCUT2D eigenvalue weighted by atomic mass is 10.1. The molecule has 30 heavy (non-hydrogen) atoms. The van der Waals surface area contributed by atoms with Gasteiger partial charge in [-0.3, -0.25) is 0 Å². The van der Waals surface area contributed by atoms with Gasteiger partial charge in [0, 0.05) is 44.1 Å². The van der Waals surface area contributed by atoms with Crippen LogP contribution in [0.2, 0.25) is 0 Å². The van der Waals surface area contributed by atoms with Gasteiger partial charge in [-0.25, -0.2) is 4.79 Å². The van der Waals surface area contributed by atoms with E-state index in [1.807, 2.05) is 31.2 Å². The van der Waals surface area contributed by atoms with Crippen molar-refractivity contribution in [1.82, 2.24) is 10.2 Å². The fourth-order valence-corrected chi connectivity index (χ4v) is 3.57. The van der Waals surface area contributed by atoms with E-state index in [2.05, 4.69) is 39.6 Å². The summed E-state index contributed by atoms with van der Waals surface area (Å²) in [6.45, 7) is 6.75. The number of aryl methyl sites for hydroxylation is 1. The van der Waals surface area contributed by atoms with Crippen LogP contribution >= 0.6 is 0 Å². The van der Waals surface area contributed by atoms with Crippen LogP contribution in [0.25, 0.3) is 0 Å². The lowest BCUT2D eigenvalue weighted by molar-refractivity contribution is 0.252. The van der Waals surface area contributed by atoms with E-state index in [4.69, 9.17) is 9.47 Å². The molecular formula is C23H32N4O3. The summed E-state index contributed by atoms with van der Waals surface area (Å²) in [5, 5.41) is 5.87. The van der Waals surface area contributed by atoms with Gasteiger partial charge in [0.1, 0.15) is 0 Å². The first kappa shape index (κ1) is 21.8. The Morgan fingerprint density at radius 1 is 1.00 bits per heavy atom. The predicted molar refractivity (Wildman–Crippen MR) is 121 cm³/mol. The minimum absolute atomic E-state index is 0.203.